The van der Waals surface area contributed by atoms with Gasteiger partial charge in [-0.2, -0.15) is 0 Å². The van der Waals surface area contributed by atoms with Crippen molar-refractivity contribution in [2.45, 2.75) is 56.1 Å². The van der Waals surface area contributed by atoms with Crippen molar-refractivity contribution in [2.24, 2.45) is 0 Å². The Bertz CT molecular complexity index is 602. The molecule has 3 aliphatic heterocycles. The second-order valence-corrected chi connectivity index (χ2v) is 7.11. The molecule has 23 heavy (non-hydrogen) atoms. The molecular formula is C18H23N3O2. The fraction of sp³-hybridized carbons (Fsp3) is 0.556. The van der Waals surface area contributed by atoms with Gasteiger partial charge in [0.25, 0.3) is 5.91 Å². The normalized spacial score (nSPS) is 33.6. The molecule has 0 unspecified atom stereocenters. The molecule has 5 heteroatoms. The summed E-state index contributed by atoms with van der Waals surface area (Å²) in [6, 6.07) is 11.0. The van der Waals surface area contributed by atoms with Crippen LogP contribution in [0.4, 0.5) is 4.79 Å². The Kier molecular flexibility index (Phi) is 3.60. The van der Waals surface area contributed by atoms with E-state index in [2.05, 4.69) is 39.8 Å². The van der Waals surface area contributed by atoms with E-state index in [9.17, 15) is 9.59 Å². The summed E-state index contributed by atoms with van der Waals surface area (Å²) < 4.78 is 0. The summed E-state index contributed by atoms with van der Waals surface area (Å²) >= 11 is 0. The molecular weight excluding hydrogens is 290 g/mol. The molecule has 3 saturated heterocycles. The molecule has 0 aliphatic carbocycles. The Morgan fingerprint density at radius 2 is 1.78 bits per heavy atom. The van der Waals surface area contributed by atoms with Crippen molar-refractivity contribution in [1.29, 1.82) is 0 Å². The van der Waals surface area contributed by atoms with Crippen LogP contribution in [0.5, 0.6) is 0 Å². The highest BCUT2D eigenvalue weighted by Gasteiger charge is 2.54. The summed E-state index contributed by atoms with van der Waals surface area (Å²) in [5.74, 6) is -0.123. The van der Waals surface area contributed by atoms with Crippen molar-refractivity contribution in [1.82, 2.24) is 15.5 Å². The van der Waals surface area contributed by atoms with Crippen LogP contribution in [0.2, 0.25) is 0 Å². The summed E-state index contributed by atoms with van der Waals surface area (Å²) in [7, 11) is 0. The standard InChI is InChI=1S/C18H23N3O2/c22-16-18(20-17(23)19-16)11-14-7-4-8-15(12-18)21(14)10-9-13-5-2-1-3-6-13/h1-3,5-6,14-15H,4,7-12H2,(H2,19,20,22,23)/t14-,15-/m1/s1. The first-order chi connectivity index (χ1) is 11.2. The number of hydrogen-bond donors (Lipinski definition) is 2. The summed E-state index contributed by atoms with van der Waals surface area (Å²) in [5, 5.41) is 5.35. The molecule has 3 aliphatic rings. The Hall–Kier alpha value is -1.88. The molecule has 3 amide bonds. The van der Waals surface area contributed by atoms with Gasteiger partial charge in [-0.1, -0.05) is 36.8 Å². The molecule has 2 atom stereocenters. The average molecular weight is 313 g/mol. The van der Waals surface area contributed by atoms with E-state index in [1.54, 1.807) is 0 Å². The van der Waals surface area contributed by atoms with Crippen LogP contribution < -0.4 is 10.6 Å². The Morgan fingerprint density at radius 3 is 2.39 bits per heavy atom. The maximum atomic E-state index is 12.3. The lowest BCUT2D eigenvalue weighted by atomic mass is 9.73. The lowest BCUT2D eigenvalue weighted by molar-refractivity contribution is -0.128. The van der Waals surface area contributed by atoms with E-state index < -0.39 is 5.54 Å². The molecule has 1 aromatic carbocycles. The van der Waals surface area contributed by atoms with Gasteiger partial charge in [0, 0.05) is 18.6 Å². The molecule has 1 spiro atoms. The van der Waals surface area contributed by atoms with Crippen molar-refractivity contribution in [3.05, 3.63) is 35.9 Å². The molecule has 0 aromatic heterocycles. The zero-order valence-corrected chi connectivity index (χ0v) is 13.3. The van der Waals surface area contributed by atoms with Crippen LogP contribution in [0.15, 0.2) is 30.3 Å². The summed E-state index contributed by atoms with van der Waals surface area (Å²) in [5.41, 5.74) is 0.702. The first-order valence-corrected chi connectivity index (χ1v) is 8.60. The molecule has 3 fully saturated rings. The number of carbonyl (C=O) groups is 2. The van der Waals surface area contributed by atoms with Gasteiger partial charge in [0.15, 0.2) is 0 Å². The lowest BCUT2D eigenvalue weighted by Crippen LogP contribution is -2.63. The number of rotatable bonds is 3. The third kappa shape index (κ3) is 2.63. The van der Waals surface area contributed by atoms with Crippen LogP contribution in [-0.4, -0.2) is 41.0 Å². The van der Waals surface area contributed by atoms with Gasteiger partial charge in [-0.15, -0.1) is 0 Å². The first-order valence-electron chi connectivity index (χ1n) is 8.60. The van der Waals surface area contributed by atoms with Crippen LogP contribution >= 0.6 is 0 Å². The van der Waals surface area contributed by atoms with Crippen molar-refractivity contribution in [3.63, 3.8) is 0 Å². The Balaban J connectivity index is 1.48. The molecule has 0 radical (unpaired) electrons. The van der Waals surface area contributed by atoms with Gasteiger partial charge in [-0.3, -0.25) is 15.0 Å². The van der Waals surface area contributed by atoms with Gasteiger partial charge in [0.1, 0.15) is 5.54 Å². The summed E-state index contributed by atoms with van der Waals surface area (Å²) in [4.78, 5) is 26.4. The SMILES string of the molecule is O=C1NC(=O)C2(C[C@H]3CCC[C@H](C2)N3CCc2ccccc2)N1. The highest BCUT2D eigenvalue weighted by Crippen LogP contribution is 2.40. The number of nitrogens with zero attached hydrogens (tertiary/aromatic N) is 1. The number of benzene rings is 1. The highest BCUT2D eigenvalue weighted by molar-refractivity contribution is 6.07. The average Bonchev–Trinajstić information content (AvgIpc) is 2.80. The number of imide groups is 1. The maximum absolute atomic E-state index is 12.3. The molecule has 3 heterocycles. The van der Waals surface area contributed by atoms with E-state index in [0.29, 0.717) is 12.1 Å². The number of hydrogen-bond acceptors (Lipinski definition) is 3. The van der Waals surface area contributed by atoms with E-state index in [1.807, 2.05) is 6.07 Å². The quantitative estimate of drug-likeness (QED) is 0.837. The predicted molar refractivity (Wildman–Crippen MR) is 86.9 cm³/mol. The van der Waals surface area contributed by atoms with Gasteiger partial charge in [0.2, 0.25) is 0 Å². The second kappa shape index (κ2) is 5.64. The first kappa shape index (κ1) is 14.7. The minimum Gasteiger partial charge on any atom is -0.323 e. The van der Waals surface area contributed by atoms with E-state index in [-0.39, 0.29) is 11.9 Å². The third-order valence-electron chi connectivity index (χ3n) is 5.70. The van der Waals surface area contributed by atoms with Crippen LogP contribution in [0, 0.1) is 0 Å². The molecule has 2 N–H and O–H groups in total. The number of piperidine rings is 2. The molecule has 122 valence electrons. The van der Waals surface area contributed by atoms with E-state index in [1.165, 1.54) is 12.0 Å². The van der Waals surface area contributed by atoms with Crippen LogP contribution in [0.3, 0.4) is 0 Å². The van der Waals surface area contributed by atoms with Crippen molar-refractivity contribution >= 4 is 11.9 Å². The monoisotopic (exact) mass is 313 g/mol. The molecule has 2 bridgehead atoms. The number of carbonyl (C=O) groups excluding carboxylic acids is 2. The topological polar surface area (TPSA) is 61.4 Å². The number of nitrogens with one attached hydrogen (secondary N) is 2. The van der Waals surface area contributed by atoms with Crippen molar-refractivity contribution < 1.29 is 9.59 Å². The van der Waals surface area contributed by atoms with Gasteiger partial charge in [-0.25, -0.2) is 4.79 Å². The van der Waals surface area contributed by atoms with Gasteiger partial charge in [-0.05, 0) is 37.7 Å². The smallest absolute Gasteiger partial charge is 0.322 e. The Labute approximate surface area is 136 Å². The van der Waals surface area contributed by atoms with Crippen molar-refractivity contribution in [3.8, 4) is 0 Å². The van der Waals surface area contributed by atoms with Crippen LogP contribution in [0.25, 0.3) is 0 Å². The minimum absolute atomic E-state index is 0.123. The second-order valence-electron chi connectivity index (χ2n) is 7.11. The minimum atomic E-state index is -0.657. The lowest BCUT2D eigenvalue weighted by Gasteiger charge is -2.51. The zero-order valence-electron chi connectivity index (χ0n) is 13.3. The maximum Gasteiger partial charge on any atom is 0.322 e. The fourth-order valence-corrected chi connectivity index (χ4v) is 4.63. The largest absolute Gasteiger partial charge is 0.323 e. The van der Waals surface area contributed by atoms with Gasteiger partial charge in [0.05, 0.1) is 0 Å². The van der Waals surface area contributed by atoms with E-state index >= 15 is 0 Å². The molecule has 4 rings (SSSR count). The number of fused-ring (bicyclic) bond motifs is 2. The third-order valence-corrected chi connectivity index (χ3v) is 5.70. The Morgan fingerprint density at radius 1 is 1.09 bits per heavy atom. The number of urea groups is 1. The molecule has 1 aromatic rings. The van der Waals surface area contributed by atoms with E-state index in [4.69, 9.17) is 0 Å². The van der Waals surface area contributed by atoms with Crippen LogP contribution in [0.1, 0.15) is 37.7 Å². The van der Waals surface area contributed by atoms with Gasteiger partial charge < -0.3 is 5.32 Å². The van der Waals surface area contributed by atoms with Gasteiger partial charge >= 0.3 is 6.03 Å². The highest BCUT2D eigenvalue weighted by atomic mass is 16.2. The summed E-state index contributed by atoms with van der Waals surface area (Å²) in [6.07, 6.45) is 6.00. The van der Waals surface area contributed by atoms with Crippen molar-refractivity contribution in [2.75, 3.05) is 6.54 Å². The van der Waals surface area contributed by atoms with Crippen LogP contribution in [-0.2, 0) is 11.2 Å². The molecule has 0 saturated carbocycles. The number of amides is 3. The molecule has 5 nitrogen and oxygen atoms in total. The zero-order chi connectivity index (χ0) is 15.9. The summed E-state index contributed by atoms with van der Waals surface area (Å²) in [6.45, 7) is 1.03. The fourth-order valence-electron chi connectivity index (χ4n) is 4.63. The van der Waals surface area contributed by atoms with E-state index in [0.717, 1.165) is 38.6 Å². The predicted octanol–water partition coefficient (Wildman–Crippen LogP) is 1.82.